The highest BCUT2D eigenvalue weighted by molar-refractivity contribution is 6.35. The van der Waals surface area contributed by atoms with Crippen molar-refractivity contribution < 1.29 is 23.8 Å². The monoisotopic (exact) mass is 400 g/mol. The second kappa shape index (κ2) is 7.75. The van der Waals surface area contributed by atoms with Gasteiger partial charge in [0.15, 0.2) is 0 Å². The van der Waals surface area contributed by atoms with Gasteiger partial charge in [-0.2, -0.15) is 9.49 Å². The summed E-state index contributed by atoms with van der Waals surface area (Å²) in [6, 6.07) is 5.05. The Bertz CT molecular complexity index is 895. The fourth-order valence-electron chi connectivity index (χ4n) is 2.87. The molecule has 0 amide bonds. The Morgan fingerprint density at radius 1 is 1.42 bits per heavy atom. The average Bonchev–Trinajstić information content (AvgIpc) is 2.95. The first-order chi connectivity index (χ1) is 12.4. The number of ether oxygens (including phenoxy) is 2. The summed E-state index contributed by atoms with van der Waals surface area (Å²) in [5.74, 6) is -2.90. The summed E-state index contributed by atoms with van der Waals surface area (Å²) in [6.07, 6.45) is 0.283. The highest BCUT2D eigenvalue weighted by Gasteiger charge is 2.29. The van der Waals surface area contributed by atoms with E-state index in [0.717, 1.165) is 5.56 Å². The summed E-state index contributed by atoms with van der Waals surface area (Å²) < 4.78 is 26.2. The molecule has 1 aromatic carbocycles. The predicted octanol–water partition coefficient (Wildman–Crippen LogP) is 3.68. The Kier molecular flexibility index (Phi) is 5.62. The highest BCUT2D eigenvalue weighted by atomic mass is 35.5. The topological polar surface area (TPSA) is 73.6 Å². The zero-order chi connectivity index (χ0) is 18.8. The van der Waals surface area contributed by atoms with Crippen LogP contribution in [-0.4, -0.2) is 34.6 Å². The van der Waals surface area contributed by atoms with E-state index in [1.165, 1.54) is 11.8 Å². The molecule has 26 heavy (non-hydrogen) atoms. The van der Waals surface area contributed by atoms with Gasteiger partial charge in [-0.25, -0.2) is 9.48 Å². The molecule has 1 aliphatic rings. The van der Waals surface area contributed by atoms with E-state index in [-0.39, 0.29) is 31.9 Å². The molecule has 0 aliphatic carbocycles. The van der Waals surface area contributed by atoms with Crippen molar-refractivity contribution in [1.29, 1.82) is 0 Å². The van der Waals surface area contributed by atoms with Gasteiger partial charge in [0.05, 0.1) is 24.6 Å². The summed E-state index contributed by atoms with van der Waals surface area (Å²) in [7, 11) is 1.50. The Hall–Kier alpha value is -1.93. The first kappa shape index (κ1) is 18.8. The van der Waals surface area contributed by atoms with Crippen LogP contribution in [0.2, 0.25) is 10.0 Å². The summed E-state index contributed by atoms with van der Waals surface area (Å²) in [6.45, 7) is 0.156. The third-order valence-corrected chi connectivity index (χ3v) is 4.58. The molecule has 3 rings (SSSR count). The van der Waals surface area contributed by atoms with Crippen LogP contribution in [0.25, 0.3) is 5.57 Å². The molecule has 9 heteroatoms. The number of aromatic nitrogens is 2. The number of fused-ring (bicyclic) bond motifs is 1. The minimum absolute atomic E-state index is 0.0406. The molecule has 0 unspecified atom stereocenters. The van der Waals surface area contributed by atoms with Gasteiger partial charge in [-0.15, -0.1) is 0 Å². The normalized spacial score (nSPS) is 15.7. The lowest BCUT2D eigenvalue weighted by atomic mass is 9.97. The smallest absolute Gasteiger partial charge is 0.365 e. The van der Waals surface area contributed by atoms with Gasteiger partial charge in [0.2, 0.25) is 5.83 Å². The van der Waals surface area contributed by atoms with Gasteiger partial charge in [-0.3, -0.25) is 0 Å². The number of hydrogen-bond donors (Lipinski definition) is 1. The maximum absolute atomic E-state index is 14.2. The minimum atomic E-state index is -1.65. The van der Waals surface area contributed by atoms with Crippen molar-refractivity contribution in [3.8, 4) is 0 Å². The van der Waals surface area contributed by atoms with Crippen molar-refractivity contribution in [2.45, 2.75) is 19.8 Å². The van der Waals surface area contributed by atoms with E-state index in [0.29, 0.717) is 27.0 Å². The van der Waals surface area contributed by atoms with Crippen LogP contribution in [0.1, 0.15) is 22.5 Å². The highest BCUT2D eigenvalue weighted by Crippen LogP contribution is 2.34. The standard InChI is InChI=1S/C17H15Cl2FN2O4/c1-25-8-22-14-7-26-6-11(16(20)17(23)24)15(14)13(21-22)4-9-2-3-10(18)5-12(9)19/h2-3,5H,4,6-8H2,1H3,(H,23,24). The molecule has 1 aliphatic heterocycles. The number of benzene rings is 1. The molecule has 0 radical (unpaired) electrons. The van der Waals surface area contributed by atoms with Crippen LogP contribution in [0, 0.1) is 0 Å². The van der Waals surface area contributed by atoms with Gasteiger partial charge < -0.3 is 14.6 Å². The number of carboxylic acid groups (broad SMARTS) is 1. The molecule has 1 aromatic heterocycles. The fraction of sp³-hybridized carbons (Fsp3) is 0.294. The Balaban J connectivity index is 2.13. The number of aliphatic carboxylic acids is 1. The number of rotatable bonds is 5. The molecule has 2 heterocycles. The lowest BCUT2D eigenvalue weighted by molar-refractivity contribution is -0.134. The van der Waals surface area contributed by atoms with Crippen LogP contribution in [0.5, 0.6) is 0 Å². The maximum Gasteiger partial charge on any atom is 0.365 e. The molecule has 2 aromatic rings. The largest absolute Gasteiger partial charge is 0.476 e. The van der Waals surface area contributed by atoms with E-state index < -0.39 is 11.8 Å². The van der Waals surface area contributed by atoms with Gasteiger partial charge in [0, 0.05) is 34.7 Å². The Labute approximate surface area is 158 Å². The summed E-state index contributed by atoms with van der Waals surface area (Å²) >= 11 is 12.2. The van der Waals surface area contributed by atoms with E-state index in [2.05, 4.69) is 5.10 Å². The van der Waals surface area contributed by atoms with E-state index in [1.807, 2.05) is 0 Å². The van der Waals surface area contributed by atoms with Crippen LogP contribution >= 0.6 is 23.2 Å². The zero-order valence-corrected chi connectivity index (χ0v) is 15.3. The Morgan fingerprint density at radius 3 is 2.85 bits per heavy atom. The molecule has 0 saturated carbocycles. The maximum atomic E-state index is 14.2. The first-order valence-electron chi connectivity index (χ1n) is 7.63. The second-order valence-electron chi connectivity index (χ2n) is 5.69. The first-order valence-corrected chi connectivity index (χ1v) is 8.39. The molecular weight excluding hydrogens is 386 g/mol. The number of hydrogen-bond acceptors (Lipinski definition) is 4. The number of carboxylic acids is 1. The molecule has 6 nitrogen and oxygen atoms in total. The van der Waals surface area contributed by atoms with E-state index in [1.54, 1.807) is 18.2 Å². The van der Waals surface area contributed by atoms with Gasteiger partial charge in [-0.1, -0.05) is 29.3 Å². The van der Waals surface area contributed by atoms with Crippen molar-refractivity contribution in [3.63, 3.8) is 0 Å². The minimum Gasteiger partial charge on any atom is -0.476 e. The van der Waals surface area contributed by atoms with Crippen molar-refractivity contribution >= 4 is 34.7 Å². The SMILES string of the molecule is COCn1nc(Cc2ccc(Cl)cc2Cl)c2c1COCC2=C(F)C(=O)O. The van der Waals surface area contributed by atoms with Gasteiger partial charge in [0.1, 0.15) is 6.73 Å². The third kappa shape index (κ3) is 3.61. The molecule has 1 N–H and O–H groups in total. The van der Waals surface area contributed by atoms with Crippen molar-refractivity contribution in [2.24, 2.45) is 0 Å². The van der Waals surface area contributed by atoms with E-state index in [4.69, 9.17) is 37.8 Å². The van der Waals surface area contributed by atoms with Gasteiger partial charge >= 0.3 is 5.97 Å². The van der Waals surface area contributed by atoms with Crippen LogP contribution in [0.15, 0.2) is 24.0 Å². The predicted molar refractivity (Wildman–Crippen MR) is 93.8 cm³/mol. The van der Waals surface area contributed by atoms with Gasteiger partial charge in [-0.05, 0) is 17.7 Å². The molecule has 138 valence electrons. The van der Waals surface area contributed by atoms with Gasteiger partial charge in [0.25, 0.3) is 0 Å². The third-order valence-electron chi connectivity index (χ3n) is 3.99. The average molecular weight is 401 g/mol. The molecular formula is C17H15Cl2FN2O4. The molecule has 0 fully saturated rings. The van der Waals surface area contributed by atoms with Crippen LogP contribution < -0.4 is 0 Å². The van der Waals surface area contributed by atoms with E-state index >= 15 is 0 Å². The lowest BCUT2D eigenvalue weighted by Crippen LogP contribution is -2.16. The summed E-state index contributed by atoms with van der Waals surface area (Å²) in [5.41, 5.74) is 2.18. The molecule has 0 bridgehead atoms. The lowest BCUT2D eigenvalue weighted by Gasteiger charge is -2.18. The number of nitrogens with zero attached hydrogens (tertiary/aromatic N) is 2. The molecule has 0 saturated heterocycles. The van der Waals surface area contributed by atoms with Crippen LogP contribution in [0.4, 0.5) is 4.39 Å². The summed E-state index contributed by atoms with van der Waals surface area (Å²) in [4.78, 5) is 11.1. The quantitative estimate of drug-likeness (QED) is 0.774. The second-order valence-corrected chi connectivity index (χ2v) is 6.53. The van der Waals surface area contributed by atoms with E-state index in [9.17, 15) is 9.18 Å². The van der Waals surface area contributed by atoms with Crippen LogP contribution in [-0.2, 0) is 34.0 Å². The number of carbonyl (C=O) groups is 1. The van der Waals surface area contributed by atoms with Crippen LogP contribution in [0.3, 0.4) is 0 Å². The number of halogens is 3. The zero-order valence-electron chi connectivity index (χ0n) is 13.8. The van der Waals surface area contributed by atoms with Crippen molar-refractivity contribution in [1.82, 2.24) is 9.78 Å². The number of methoxy groups -OCH3 is 1. The summed E-state index contributed by atoms with van der Waals surface area (Å²) in [5, 5.41) is 14.5. The molecule has 0 atom stereocenters. The Morgan fingerprint density at radius 2 is 2.19 bits per heavy atom. The fourth-order valence-corrected chi connectivity index (χ4v) is 3.34. The van der Waals surface area contributed by atoms with Crippen molar-refractivity contribution in [3.05, 3.63) is 56.6 Å². The molecule has 0 spiro atoms. The van der Waals surface area contributed by atoms with Crippen molar-refractivity contribution in [2.75, 3.05) is 13.7 Å².